The molecule has 7 heterocycles. The van der Waals surface area contributed by atoms with E-state index in [0.717, 1.165) is 123 Å². The van der Waals surface area contributed by atoms with E-state index in [2.05, 4.69) is 175 Å². The molecular formula is C69H47N9O. The van der Waals surface area contributed by atoms with Crippen LogP contribution in [0.5, 0.6) is 0 Å². The molecule has 3 aromatic heterocycles. The Morgan fingerprint density at radius 2 is 0.911 bits per heavy atom. The summed E-state index contributed by atoms with van der Waals surface area (Å²) in [6.45, 7) is 6.29. The number of allylic oxidation sites excluding steroid dienone is 2. The molecule has 1 spiro atoms. The van der Waals surface area contributed by atoms with Gasteiger partial charge in [-0.05, 0) is 132 Å². The van der Waals surface area contributed by atoms with Gasteiger partial charge in [0.05, 0.1) is 39.8 Å². The molecule has 5 aliphatic rings. The third-order valence-electron chi connectivity index (χ3n) is 15.9. The second-order valence-electron chi connectivity index (χ2n) is 20.6. The van der Waals surface area contributed by atoms with Gasteiger partial charge in [-0.15, -0.1) is 0 Å². The van der Waals surface area contributed by atoms with Crippen LogP contribution < -0.4 is 5.32 Å². The van der Waals surface area contributed by atoms with Crippen molar-refractivity contribution in [3.8, 4) is 67.8 Å². The van der Waals surface area contributed by atoms with Crippen LogP contribution in [0.1, 0.15) is 50.6 Å². The van der Waals surface area contributed by atoms with E-state index in [9.17, 15) is 15.3 Å². The first-order chi connectivity index (χ1) is 38.7. The molecular weight excluding hydrogens is 971 g/mol. The minimum Gasteiger partial charge on any atom is -0.354 e. The molecule has 9 aromatic rings. The zero-order valence-corrected chi connectivity index (χ0v) is 43.3. The number of amides is 1. The first-order valence-corrected chi connectivity index (χ1v) is 26.3. The zero-order chi connectivity index (χ0) is 53.5. The first kappa shape index (κ1) is 46.8. The third kappa shape index (κ3) is 7.38. The molecule has 10 heteroatoms. The van der Waals surface area contributed by atoms with E-state index < -0.39 is 11.5 Å². The van der Waals surface area contributed by atoms with E-state index in [1.54, 1.807) is 11.1 Å². The highest BCUT2D eigenvalue weighted by Crippen LogP contribution is 2.61. The molecule has 374 valence electrons. The SMILES string of the molecule is Cc1ccc(-c2c3nc(c(-c4ccc(C)cc4)c4ccc([nH]4)c(-c4ccc(NC(=O)C5=CC=NN6C(C#N)=C(C#N)C7(c8ccccc8-c8ccccc87)C56)cc4)c4nc(c(-c5ccc(C)cc5)c5ccc2[nH]5)C=C4)C=C3)cc1. The van der Waals surface area contributed by atoms with Gasteiger partial charge in [0.15, 0.2) is 5.70 Å². The summed E-state index contributed by atoms with van der Waals surface area (Å²) in [4.78, 5) is 33.6. The molecule has 0 radical (unpaired) electrons. The number of nitriles is 2. The van der Waals surface area contributed by atoms with Crippen molar-refractivity contribution in [2.24, 2.45) is 5.10 Å². The van der Waals surface area contributed by atoms with Gasteiger partial charge in [-0.1, -0.05) is 150 Å². The summed E-state index contributed by atoms with van der Waals surface area (Å²) in [5.74, 6) is -0.376. The molecule has 4 aliphatic heterocycles. The normalized spacial score (nSPS) is 15.1. The fraction of sp³-hybridized carbons (Fsp3) is 0.0725. The van der Waals surface area contributed by atoms with Gasteiger partial charge >= 0.3 is 0 Å². The number of rotatable bonds is 6. The Kier molecular flexibility index (Phi) is 10.8. The summed E-state index contributed by atoms with van der Waals surface area (Å²) in [6.07, 6.45) is 11.6. The number of aryl methyl sites for hydroxylation is 3. The second kappa shape index (κ2) is 18.3. The lowest BCUT2D eigenvalue weighted by Gasteiger charge is -2.38. The lowest BCUT2D eigenvalue weighted by molar-refractivity contribution is -0.113. The van der Waals surface area contributed by atoms with Gasteiger partial charge in [0.25, 0.3) is 5.91 Å². The van der Waals surface area contributed by atoms with Crippen molar-refractivity contribution in [2.75, 3.05) is 5.32 Å². The number of H-pyrrole nitrogens is 2. The molecule has 1 unspecified atom stereocenters. The molecule has 10 nitrogen and oxygen atoms in total. The number of hydrogen-bond donors (Lipinski definition) is 3. The average molecular weight is 1020 g/mol. The summed E-state index contributed by atoms with van der Waals surface area (Å²) in [7, 11) is 0. The third-order valence-corrected chi connectivity index (χ3v) is 15.9. The minimum atomic E-state index is -1.17. The van der Waals surface area contributed by atoms with Crippen molar-refractivity contribution in [1.82, 2.24) is 24.9 Å². The summed E-state index contributed by atoms with van der Waals surface area (Å²) in [5.41, 5.74) is 21.8. The number of hydrogen-bond acceptors (Lipinski definition) is 7. The predicted octanol–water partition coefficient (Wildman–Crippen LogP) is 15.1. The maximum absolute atomic E-state index is 15.0. The molecule has 8 bridgehead atoms. The Labute approximate surface area is 456 Å². The Balaban J connectivity index is 0.931. The van der Waals surface area contributed by atoms with Gasteiger partial charge in [-0.3, -0.25) is 4.79 Å². The zero-order valence-electron chi connectivity index (χ0n) is 43.3. The number of aromatic nitrogens is 4. The van der Waals surface area contributed by atoms with Crippen LogP contribution in [0.15, 0.2) is 198 Å². The second-order valence-corrected chi connectivity index (χ2v) is 20.6. The Bertz CT molecular complexity index is 4420. The molecule has 6 aromatic carbocycles. The average Bonchev–Trinajstić information content (AvgIpc) is 4.41. The van der Waals surface area contributed by atoms with Crippen molar-refractivity contribution in [3.63, 3.8) is 0 Å². The van der Waals surface area contributed by atoms with Gasteiger partial charge < -0.3 is 15.3 Å². The molecule has 14 rings (SSSR count). The fourth-order valence-electron chi connectivity index (χ4n) is 12.3. The Hall–Kier alpha value is -10.7. The maximum Gasteiger partial charge on any atom is 0.253 e. The van der Waals surface area contributed by atoms with E-state index in [4.69, 9.17) is 9.97 Å². The monoisotopic (exact) mass is 1020 g/mol. The highest BCUT2D eigenvalue weighted by molar-refractivity contribution is 6.09. The summed E-state index contributed by atoms with van der Waals surface area (Å²) < 4.78 is 0. The van der Waals surface area contributed by atoms with Crippen LogP contribution in [0.4, 0.5) is 5.69 Å². The molecule has 0 fully saturated rings. The maximum atomic E-state index is 15.0. The molecule has 1 atom stereocenters. The lowest BCUT2D eigenvalue weighted by atomic mass is 9.66. The standard InChI is InChI=1S/C69H47N9O/c1-40-12-18-43(19-13-40)63-54-28-30-56(74-54)64(44-20-14-41(2)15-21-44)58-32-34-60(76-58)66(61-35-33-59(77-61)65(57-31-29-55(63)75-57)45-22-16-42(3)17-23-45)46-24-26-47(27-25-46)73-68(79)50-36-37-72-78-62(39-71)53(38-70)69(67(50)78)51-10-6-4-8-48(51)49-9-5-7-11-52(49)69/h4-37,67,74,77H,1-3H3,(H,73,79). The van der Waals surface area contributed by atoms with Gasteiger partial charge in [0.1, 0.15) is 12.1 Å². The molecule has 79 heavy (non-hydrogen) atoms. The molecule has 1 aliphatic carbocycles. The van der Waals surface area contributed by atoms with Crippen LogP contribution in [-0.2, 0) is 10.2 Å². The molecule has 0 saturated heterocycles. The first-order valence-electron chi connectivity index (χ1n) is 26.3. The van der Waals surface area contributed by atoms with Crippen LogP contribution in [-0.4, -0.2) is 43.1 Å². The lowest BCUT2D eigenvalue weighted by Crippen LogP contribution is -2.48. The minimum absolute atomic E-state index is 0.118. The van der Waals surface area contributed by atoms with E-state index in [1.807, 2.05) is 72.8 Å². The van der Waals surface area contributed by atoms with Crippen LogP contribution >= 0.6 is 0 Å². The predicted molar refractivity (Wildman–Crippen MR) is 317 cm³/mol. The van der Waals surface area contributed by atoms with Crippen molar-refractivity contribution in [1.29, 1.82) is 10.5 Å². The Morgan fingerprint density at radius 3 is 1.30 bits per heavy atom. The summed E-state index contributed by atoms with van der Waals surface area (Å²) in [6, 6.07) is 61.8. The van der Waals surface area contributed by atoms with Crippen molar-refractivity contribution < 1.29 is 4.79 Å². The highest BCUT2D eigenvalue weighted by Gasteiger charge is 2.62. The van der Waals surface area contributed by atoms with Crippen molar-refractivity contribution in [2.45, 2.75) is 32.2 Å². The molecule has 3 N–H and O–H groups in total. The van der Waals surface area contributed by atoms with Gasteiger partial charge in [-0.2, -0.15) is 15.6 Å². The van der Waals surface area contributed by atoms with Gasteiger partial charge in [0.2, 0.25) is 0 Å². The molecule has 1 amide bonds. The molecule has 0 saturated carbocycles. The summed E-state index contributed by atoms with van der Waals surface area (Å²) in [5, 5.41) is 31.0. The van der Waals surface area contributed by atoms with Crippen LogP contribution in [0.2, 0.25) is 0 Å². The number of benzene rings is 6. The number of carbonyl (C=O) groups excluding carboxylic acids is 1. The van der Waals surface area contributed by atoms with Crippen LogP contribution in [0.3, 0.4) is 0 Å². The number of carbonyl (C=O) groups is 1. The highest BCUT2D eigenvalue weighted by atomic mass is 16.1. The summed E-state index contributed by atoms with van der Waals surface area (Å²) >= 11 is 0. The van der Waals surface area contributed by atoms with Gasteiger partial charge in [-0.25, -0.2) is 15.0 Å². The number of nitrogens with one attached hydrogen (secondary N) is 3. The number of nitrogens with zero attached hydrogens (tertiary/aromatic N) is 6. The van der Waals surface area contributed by atoms with Crippen LogP contribution in [0.25, 0.3) is 102 Å². The van der Waals surface area contributed by atoms with Crippen LogP contribution in [0, 0.1) is 43.4 Å². The van der Waals surface area contributed by atoms with Gasteiger partial charge in [0, 0.05) is 61.8 Å². The van der Waals surface area contributed by atoms with E-state index in [1.165, 1.54) is 11.8 Å². The number of fused-ring (bicyclic) bond motifs is 15. The topological polar surface area (TPSA) is 150 Å². The smallest absolute Gasteiger partial charge is 0.253 e. The Morgan fingerprint density at radius 1 is 0.519 bits per heavy atom. The fourth-order valence-corrected chi connectivity index (χ4v) is 12.3. The quantitative estimate of drug-likeness (QED) is 0.151. The van der Waals surface area contributed by atoms with Crippen molar-refractivity contribution in [3.05, 3.63) is 243 Å². The van der Waals surface area contributed by atoms with E-state index >= 15 is 0 Å². The van der Waals surface area contributed by atoms with E-state index in [-0.39, 0.29) is 17.2 Å². The number of anilines is 1. The number of aromatic amines is 2. The number of hydrazone groups is 1. The largest absolute Gasteiger partial charge is 0.354 e. The van der Waals surface area contributed by atoms with Crippen molar-refractivity contribution >= 4 is 64.2 Å². The van der Waals surface area contributed by atoms with E-state index in [0.29, 0.717) is 11.3 Å².